The molecule has 0 aliphatic rings. The SMILES string of the molecule is CC(C)C[C@H](NC(=O)[C@@H](NC(=O)[C@H](CC(N)=O)NC(=O)CNC(=O)[C@H](CC(C)C)NC(=O)[C@@H](N)CC(C)C)C(C)C)C(=O)N[C@H](C(=O)N[C@H](C(=O)N[C@H](C(=O)N[C@@H](CC(C)C)C(=O)N[C@@H](C)C(=O)N[C@@H](CCCN=C(N)N)C(=O)O)C(C)C)C(C)C)C(C)C. The molecule has 0 aliphatic heterocycles. The van der Waals surface area contributed by atoms with Crippen molar-refractivity contribution in [3.63, 3.8) is 0 Å². The number of amides is 12. The van der Waals surface area contributed by atoms with Gasteiger partial charge in [0.1, 0.15) is 60.4 Å². The lowest BCUT2D eigenvalue weighted by Gasteiger charge is -2.31. The number of aliphatic imine (C=N–C) groups is 1. The maximum atomic E-state index is 14.2. The fourth-order valence-electron chi connectivity index (χ4n) is 9.04. The minimum absolute atomic E-state index is 0.0132. The first-order chi connectivity index (χ1) is 41.1. The number of carbonyl (C=O) groups excluding carboxylic acids is 12. The zero-order chi connectivity index (χ0) is 68.9. The Morgan fingerprint density at radius 2 is 0.719 bits per heavy atom. The van der Waals surface area contributed by atoms with E-state index in [1.165, 1.54) is 6.92 Å². The number of nitrogens with zero attached hydrogens (tertiary/aromatic N) is 1. The smallest absolute Gasteiger partial charge is 0.326 e. The molecule has 20 N–H and O–H groups in total. The molecule has 0 aromatic rings. The Bertz CT molecular complexity index is 2430. The number of hydrogen-bond acceptors (Lipinski definition) is 15. The van der Waals surface area contributed by atoms with E-state index >= 15 is 0 Å². The van der Waals surface area contributed by atoms with E-state index in [1.807, 2.05) is 27.7 Å². The molecule has 0 spiro atoms. The summed E-state index contributed by atoms with van der Waals surface area (Å²) in [7, 11) is 0. The Balaban J connectivity index is 6.39. The van der Waals surface area contributed by atoms with Crippen LogP contribution in [-0.2, 0) is 62.3 Å². The van der Waals surface area contributed by atoms with Crippen LogP contribution in [0.3, 0.4) is 0 Å². The lowest BCUT2D eigenvalue weighted by molar-refractivity contribution is -0.142. The van der Waals surface area contributed by atoms with Crippen LogP contribution in [0.15, 0.2) is 4.99 Å². The van der Waals surface area contributed by atoms with Crippen LogP contribution in [0.1, 0.15) is 163 Å². The summed E-state index contributed by atoms with van der Waals surface area (Å²) >= 11 is 0. The van der Waals surface area contributed by atoms with Gasteiger partial charge in [-0.1, -0.05) is 111 Å². The molecule has 508 valence electrons. The minimum Gasteiger partial charge on any atom is -0.480 e. The van der Waals surface area contributed by atoms with E-state index in [-0.39, 0.29) is 68.3 Å². The molecular weight excluding hydrogens is 1160 g/mol. The Labute approximate surface area is 524 Å². The normalized spacial score (nSPS) is 15.2. The van der Waals surface area contributed by atoms with Gasteiger partial charge in [0, 0.05) is 6.54 Å². The van der Waals surface area contributed by atoms with Gasteiger partial charge in [0.05, 0.1) is 19.0 Å². The maximum Gasteiger partial charge on any atom is 0.326 e. The third-order valence-corrected chi connectivity index (χ3v) is 13.9. The highest BCUT2D eigenvalue weighted by Gasteiger charge is 2.38. The highest BCUT2D eigenvalue weighted by Crippen LogP contribution is 2.15. The van der Waals surface area contributed by atoms with Crippen LogP contribution in [-0.4, -0.2) is 167 Å². The molecule has 0 heterocycles. The zero-order valence-electron chi connectivity index (χ0n) is 55.3. The summed E-state index contributed by atoms with van der Waals surface area (Å²) in [5.74, 6) is -13.9. The average Bonchev–Trinajstić information content (AvgIpc) is 3.47. The predicted octanol–water partition coefficient (Wildman–Crippen LogP) is -1.88. The first kappa shape index (κ1) is 81.3. The highest BCUT2D eigenvalue weighted by atomic mass is 16.4. The van der Waals surface area contributed by atoms with E-state index in [0.29, 0.717) is 6.42 Å². The molecule has 89 heavy (non-hydrogen) atoms. The van der Waals surface area contributed by atoms with Crippen molar-refractivity contribution in [3.05, 3.63) is 0 Å². The van der Waals surface area contributed by atoms with Gasteiger partial charge in [-0.15, -0.1) is 0 Å². The standard InChI is InChI=1S/C59H108N16O14/c1-27(2)21-36(60)49(79)69-38(22-28(3)4)50(80)65-26-43(77)67-41(25-42(61)76)53(83)72-44(31(9)10)54(84)71-40(24-30(7)8)52(82)73-46(33(13)14)56(86)75-47(34(15)16)57(87)74-45(32(11)12)55(85)70-39(23-29(5)6)51(81)66-35(17)48(78)68-37(58(88)89)19-18-20-64-59(62)63/h27-41,44-47H,18-26,60H2,1-17H3,(H2,61,76)(H,65,80)(H,66,81)(H,67,77)(H,68,78)(H,69,79)(H,70,85)(H,71,84)(H,72,83)(H,73,82)(H,74,87)(H,75,86)(H,88,89)(H4,62,63,64)/t35-,36-,37-,38-,39-,40-,41-,44-,45-,46-,47-/m0/s1. The number of hydrogen-bond donors (Lipinski definition) is 16. The average molecular weight is 1270 g/mol. The molecule has 0 aliphatic carbocycles. The zero-order valence-corrected chi connectivity index (χ0v) is 55.3. The van der Waals surface area contributed by atoms with Gasteiger partial charge >= 0.3 is 5.97 Å². The lowest BCUT2D eigenvalue weighted by Crippen LogP contribution is -2.62. The Morgan fingerprint density at radius 3 is 1.08 bits per heavy atom. The second-order valence-electron chi connectivity index (χ2n) is 25.8. The van der Waals surface area contributed by atoms with Gasteiger partial charge in [-0.2, -0.15) is 0 Å². The third-order valence-electron chi connectivity index (χ3n) is 13.9. The molecule has 0 saturated heterocycles. The molecule has 0 saturated carbocycles. The van der Waals surface area contributed by atoms with E-state index in [0.717, 1.165) is 0 Å². The molecule has 0 bridgehead atoms. The van der Waals surface area contributed by atoms with Crippen molar-refractivity contribution in [1.82, 2.24) is 58.5 Å². The molecule has 0 aromatic carbocycles. The fraction of sp³-hybridized carbons (Fsp3) is 0.763. The summed E-state index contributed by atoms with van der Waals surface area (Å²) in [5, 5.41) is 38.1. The second-order valence-corrected chi connectivity index (χ2v) is 25.8. The van der Waals surface area contributed by atoms with Crippen molar-refractivity contribution < 1.29 is 67.4 Å². The molecule has 11 atom stereocenters. The summed E-state index contributed by atoms with van der Waals surface area (Å²) in [5.41, 5.74) is 22.1. The third kappa shape index (κ3) is 31.9. The van der Waals surface area contributed by atoms with Crippen LogP contribution in [0.2, 0.25) is 0 Å². The molecule has 0 rings (SSSR count). The lowest BCUT2D eigenvalue weighted by atomic mass is 9.96. The topological polar surface area (TPSA) is 491 Å². The van der Waals surface area contributed by atoms with Crippen molar-refractivity contribution in [2.45, 2.75) is 229 Å². The number of carbonyl (C=O) groups is 13. The Hall–Kier alpha value is -7.66. The molecule has 0 aromatic heterocycles. The first-order valence-electron chi connectivity index (χ1n) is 30.7. The minimum atomic E-state index is -1.63. The second kappa shape index (κ2) is 40.1. The monoisotopic (exact) mass is 1260 g/mol. The molecule has 0 radical (unpaired) electrons. The molecule has 12 amide bonds. The number of carboxylic acids is 1. The summed E-state index contributed by atoms with van der Waals surface area (Å²) in [6.07, 6.45) is 0.233. The van der Waals surface area contributed by atoms with Crippen LogP contribution in [0.25, 0.3) is 0 Å². The number of aliphatic carboxylic acids is 1. The maximum absolute atomic E-state index is 14.2. The number of carboxylic acid groups (broad SMARTS) is 1. The van der Waals surface area contributed by atoms with E-state index in [9.17, 15) is 67.4 Å². The molecule has 0 unspecified atom stereocenters. The van der Waals surface area contributed by atoms with Crippen molar-refractivity contribution >= 4 is 82.8 Å². The van der Waals surface area contributed by atoms with Crippen LogP contribution in [0.4, 0.5) is 0 Å². The van der Waals surface area contributed by atoms with Crippen LogP contribution < -0.4 is 81.4 Å². The number of nitrogens with two attached hydrogens (primary N) is 4. The van der Waals surface area contributed by atoms with Gasteiger partial charge in [0.15, 0.2) is 5.96 Å². The van der Waals surface area contributed by atoms with Crippen molar-refractivity contribution in [3.8, 4) is 0 Å². The van der Waals surface area contributed by atoms with Crippen LogP contribution in [0.5, 0.6) is 0 Å². The fourth-order valence-corrected chi connectivity index (χ4v) is 9.04. The number of rotatable bonds is 41. The van der Waals surface area contributed by atoms with Crippen molar-refractivity contribution in [2.24, 2.45) is 75.3 Å². The number of primary amides is 1. The molecule has 30 nitrogen and oxygen atoms in total. The van der Waals surface area contributed by atoms with Gasteiger partial charge in [0.25, 0.3) is 0 Å². The van der Waals surface area contributed by atoms with Gasteiger partial charge in [0.2, 0.25) is 70.9 Å². The number of guanidine groups is 1. The van der Waals surface area contributed by atoms with Crippen molar-refractivity contribution in [1.29, 1.82) is 0 Å². The summed E-state index contributed by atoms with van der Waals surface area (Å²) in [6, 6.07) is -13.8. The highest BCUT2D eigenvalue weighted by molar-refractivity contribution is 6.00. The van der Waals surface area contributed by atoms with E-state index in [4.69, 9.17) is 22.9 Å². The predicted molar refractivity (Wildman–Crippen MR) is 334 cm³/mol. The summed E-state index contributed by atoms with van der Waals surface area (Å²) in [6.45, 7) is 28.5. The van der Waals surface area contributed by atoms with Crippen LogP contribution in [0, 0.1) is 47.3 Å². The van der Waals surface area contributed by atoms with Gasteiger partial charge in [-0.05, 0) is 92.8 Å². The summed E-state index contributed by atoms with van der Waals surface area (Å²) in [4.78, 5) is 178. The van der Waals surface area contributed by atoms with Crippen LogP contribution >= 0.6 is 0 Å². The molecule has 0 fully saturated rings. The number of nitrogens with one attached hydrogen (secondary N) is 11. The van der Waals surface area contributed by atoms with Gasteiger partial charge in [-0.25, -0.2) is 4.79 Å². The summed E-state index contributed by atoms with van der Waals surface area (Å²) < 4.78 is 0. The van der Waals surface area contributed by atoms with E-state index in [1.54, 1.807) is 83.1 Å². The van der Waals surface area contributed by atoms with Gasteiger partial charge < -0.3 is 86.5 Å². The van der Waals surface area contributed by atoms with E-state index in [2.05, 4.69) is 63.5 Å². The molecule has 30 heteroatoms. The van der Waals surface area contributed by atoms with Gasteiger partial charge in [-0.3, -0.25) is 62.5 Å². The van der Waals surface area contributed by atoms with Crippen molar-refractivity contribution in [2.75, 3.05) is 13.1 Å². The Morgan fingerprint density at radius 1 is 0.382 bits per heavy atom. The Kier molecular flexibility index (Phi) is 36.6. The first-order valence-corrected chi connectivity index (χ1v) is 30.7. The largest absolute Gasteiger partial charge is 0.480 e. The quantitative estimate of drug-likeness (QED) is 0.0181. The van der Waals surface area contributed by atoms with E-state index < -0.39 is 180 Å². The molecular formula is C59H108N16O14.